The summed E-state index contributed by atoms with van der Waals surface area (Å²) in [5, 5.41) is 11.7. The Morgan fingerprint density at radius 1 is 1.04 bits per heavy atom. The van der Waals surface area contributed by atoms with Gasteiger partial charge in [0, 0.05) is 22.8 Å². The quantitative estimate of drug-likeness (QED) is 0.750. The molecule has 0 atom stereocenters. The van der Waals surface area contributed by atoms with E-state index >= 15 is 0 Å². The van der Waals surface area contributed by atoms with E-state index in [1.54, 1.807) is 37.7 Å². The lowest BCUT2D eigenvalue weighted by Gasteiger charge is -2.19. The first kappa shape index (κ1) is 18.1. The first-order valence-electron chi connectivity index (χ1n) is 7.67. The molecule has 0 aliphatic carbocycles. The highest BCUT2D eigenvalue weighted by Gasteiger charge is 2.27. The molecule has 4 nitrogen and oxygen atoms in total. The van der Waals surface area contributed by atoms with Crippen molar-refractivity contribution in [3.8, 4) is 0 Å². The van der Waals surface area contributed by atoms with Crippen molar-refractivity contribution in [2.24, 2.45) is 5.41 Å². The van der Waals surface area contributed by atoms with Crippen molar-refractivity contribution in [2.75, 3.05) is 6.54 Å². The van der Waals surface area contributed by atoms with Crippen molar-refractivity contribution < 1.29 is 14.7 Å². The Labute approximate surface area is 146 Å². The maximum absolute atomic E-state index is 12.1. The Morgan fingerprint density at radius 3 is 2.25 bits per heavy atom. The van der Waals surface area contributed by atoms with E-state index in [1.807, 2.05) is 30.3 Å². The number of aliphatic carboxylic acids is 1. The summed E-state index contributed by atoms with van der Waals surface area (Å²) in [5.74, 6) is -0.321. The van der Waals surface area contributed by atoms with Gasteiger partial charge < -0.3 is 10.4 Å². The Hall–Kier alpha value is -2.27. The zero-order chi connectivity index (χ0) is 17.6. The van der Waals surface area contributed by atoms with Gasteiger partial charge in [0.2, 0.25) is 0 Å². The van der Waals surface area contributed by atoms with Crippen LogP contribution in [0.3, 0.4) is 0 Å². The van der Waals surface area contributed by atoms with E-state index in [0.717, 1.165) is 10.6 Å². The molecule has 2 N–H and O–H groups in total. The number of carbonyl (C=O) groups is 2. The molecule has 0 saturated carbocycles. The molecule has 24 heavy (non-hydrogen) atoms. The molecule has 0 aromatic heterocycles. The summed E-state index contributed by atoms with van der Waals surface area (Å²) < 4.78 is 0. The predicted molar refractivity (Wildman–Crippen MR) is 96.2 cm³/mol. The van der Waals surface area contributed by atoms with Gasteiger partial charge in [0.1, 0.15) is 0 Å². The van der Waals surface area contributed by atoms with Gasteiger partial charge in [-0.2, -0.15) is 0 Å². The molecule has 0 spiro atoms. The van der Waals surface area contributed by atoms with Gasteiger partial charge in [0.05, 0.1) is 5.41 Å². The Bertz CT molecular complexity index is 696. The second-order valence-corrected chi connectivity index (χ2v) is 7.22. The van der Waals surface area contributed by atoms with Gasteiger partial charge in [0.15, 0.2) is 0 Å². The molecule has 1 amide bonds. The van der Waals surface area contributed by atoms with Crippen LogP contribution < -0.4 is 5.32 Å². The first-order valence-corrected chi connectivity index (χ1v) is 8.65. The molecule has 5 heteroatoms. The van der Waals surface area contributed by atoms with Crippen LogP contribution in [0.2, 0.25) is 0 Å². The summed E-state index contributed by atoms with van der Waals surface area (Å²) in [6.07, 6.45) is 0. The zero-order valence-corrected chi connectivity index (χ0v) is 14.6. The molecular formula is C19H21NO3S. The van der Waals surface area contributed by atoms with E-state index in [-0.39, 0.29) is 12.5 Å². The second-order valence-electron chi connectivity index (χ2n) is 6.17. The Morgan fingerprint density at radius 2 is 1.67 bits per heavy atom. The molecule has 0 fully saturated rings. The number of thioether (sulfide) groups is 1. The van der Waals surface area contributed by atoms with Crippen LogP contribution in [0.15, 0.2) is 59.5 Å². The molecule has 0 bridgehead atoms. The number of rotatable bonds is 7. The predicted octanol–water partition coefficient (Wildman–Crippen LogP) is 3.82. The lowest BCUT2D eigenvalue weighted by Crippen LogP contribution is -2.38. The minimum atomic E-state index is -0.985. The molecular weight excluding hydrogens is 322 g/mol. The normalized spacial score (nSPS) is 11.1. The number of hydrogen-bond donors (Lipinski definition) is 2. The molecule has 0 unspecified atom stereocenters. The van der Waals surface area contributed by atoms with Crippen molar-refractivity contribution >= 4 is 23.6 Å². The minimum Gasteiger partial charge on any atom is -0.481 e. The minimum absolute atomic E-state index is 0.0890. The van der Waals surface area contributed by atoms with Crippen LogP contribution in [-0.2, 0) is 10.5 Å². The number of carboxylic acid groups (broad SMARTS) is 1. The molecule has 0 aliphatic heterocycles. The van der Waals surface area contributed by atoms with E-state index in [9.17, 15) is 9.59 Å². The largest absolute Gasteiger partial charge is 0.481 e. The Balaban J connectivity index is 1.89. The molecule has 0 heterocycles. The molecule has 2 rings (SSSR count). The third kappa shape index (κ3) is 5.13. The van der Waals surface area contributed by atoms with Crippen molar-refractivity contribution in [3.05, 3.63) is 65.7 Å². The van der Waals surface area contributed by atoms with Crippen molar-refractivity contribution in [1.29, 1.82) is 0 Å². The summed E-state index contributed by atoms with van der Waals surface area (Å²) in [6.45, 7) is 3.25. The van der Waals surface area contributed by atoms with Crippen LogP contribution in [-0.4, -0.2) is 23.5 Å². The maximum Gasteiger partial charge on any atom is 0.310 e. The number of carbonyl (C=O) groups excluding carboxylic acids is 1. The number of hydrogen-bond acceptors (Lipinski definition) is 3. The fourth-order valence-corrected chi connectivity index (χ4v) is 2.78. The molecule has 126 valence electrons. The van der Waals surface area contributed by atoms with Crippen LogP contribution in [0, 0.1) is 5.41 Å². The van der Waals surface area contributed by atoms with Crippen molar-refractivity contribution in [2.45, 2.75) is 24.5 Å². The molecule has 0 radical (unpaired) electrons. The zero-order valence-electron chi connectivity index (χ0n) is 13.8. The molecule has 0 aliphatic rings. The summed E-state index contributed by atoms with van der Waals surface area (Å²) in [6, 6.07) is 17.5. The van der Waals surface area contributed by atoms with Crippen LogP contribution in [0.5, 0.6) is 0 Å². The smallest absolute Gasteiger partial charge is 0.310 e. The lowest BCUT2D eigenvalue weighted by molar-refractivity contribution is -0.146. The number of carboxylic acids is 1. The van der Waals surface area contributed by atoms with Gasteiger partial charge >= 0.3 is 5.97 Å². The van der Waals surface area contributed by atoms with Crippen LogP contribution >= 0.6 is 11.8 Å². The monoisotopic (exact) mass is 343 g/mol. The third-order valence-corrected chi connectivity index (χ3v) is 4.72. The number of nitrogens with one attached hydrogen (secondary N) is 1. The summed E-state index contributed by atoms with van der Waals surface area (Å²) in [4.78, 5) is 24.2. The average Bonchev–Trinajstić information content (AvgIpc) is 2.59. The average molecular weight is 343 g/mol. The van der Waals surface area contributed by atoms with Gasteiger partial charge in [-0.3, -0.25) is 9.59 Å². The number of benzene rings is 2. The highest BCUT2D eigenvalue weighted by Crippen LogP contribution is 2.23. The van der Waals surface area contributed by atoms with Crippen LogP contribution in [0.4, 0.5) is 0 Å². The van der Waals surface area contributed by atoms with Gasteiger partial charge in [-0.25, -0.2) is 0 Å². The van der Waals surface area contributed by atoms with Gasteiger partial charge in [0.25, 0.3) is 5.91 Å². The van der Waals surface area contributed by atoms with E-state index in [2.05, 4.69) is 17.4 Å². The van der Waals surface area contributed by atoms with Crippen LogP contribution in [0.1, 0.15) is 29.8 Å². The summed E-state index contributed by atoms with van der Waals surface area (Å²) in [5.41, 5.74) is 0.793. The van der Waals surface area contributed by atoms with Gasteiger partial charge in [-0.05, 0) is 43.7 Å². The first-order chi connectivity index (χ1) is 11.4. The second kappa shape index (κ2) is 8.02. The van der Waals surface area contributed by atoms with E-state index in [4.69, 9.17) is 5.11 Å². The van der Waals surface area contributed by atoms with E-state index in [0.29, 0.717) is 5.56 Å². The van der Waals surface area contributed by atoms with Crippen LogP contribution in [0.25, 0.3) is 0 Å². The molecule has 2 aromatic carbocycles. The van der Waals surface area contributed by atoms with Crippen molar-refractivity contribution in [1.82, 2.24) is 5.32 Å². The number of amides is 1. The van der Waals surface area contributed by atoms with Crippen molar-refractivity contribution in [3.63, 3.8) is 0 Å². The van der Waals surface area contributed by atoms with E-state index < -0.39 is 11.4 Å². The molecule has 2 aromatic rings. The standard InChI is InChI=1S/C19H21NO3S/c1-19(2,18(22)23)13-20-17(21)15-8-10-16(11-9-15)24-12-14-6-4-3-5-7-14/h3-11H,12-13H2,1-2H3,(H,20,21)(H,22,23). The fraction of sp³-hybridized carbons (Fsp3) is 0.263. The fourth-order valence-electron chi connectivity index (χ4n) is 1.92. The molecule has 0 saturated heterocycles. The Kier molecular flexibility index (Phi) is 6.04. The van der Waals surface area contributed by atoms with Gasteiger partial charge in [-0.15, -0.1) is 11.8 Å². The highest BCUT2D eigenvalue weighted by molar-refractivity contribution is 7.98. The highest BCUT2D eigenvalue weighted by atomic mass is 32.2. The maximum atomic E-state index is 12.1. The topological polar surface area (TPSA) is 66.4 Å². The SMILES string of the molecule is CC(C)(CNC(=O)c1ccc(SCc2ccccc2)cc1)C(=O)O. The van der Waals surface area contributed by atoms with E-state index in [1.165, 1.54) is 5.56 Å². The third-order valence-electron chi connectivity index (χ3n) is 3.63. The van der Waals surface area contributed by atoms with Gasteiger partial charge in [-0.1, -0.05) is 30.3 Å². The summed E-state index contributed by atoms with van der Waals surface area (Å²) in [7, 11) is 0. The lowest BCUT2D eigenvalue weighted by atomic mass is 9.94. The summed E-state index contributed by atoms with van der Waals surface area (Å²) >= 11 is 1.71.